The first-order chi connectivity index (χ1) is 30.8. The maximum Gasteiger partial charge on any atom is 0.314 e. The molecule has 0 bridgehead atoms. The van der Waals surface area contributed by atoms with Gasteiger partial charge in [0.05, 0.1) is 24.8 Å². The summed E-state index contributed by atoms with van der Waals surface area (Å²) in [5.74, 6) is 1.31. The highest BCUT2D eigenvalue weighted by molar-refractivity contribution is 8.02. The van der Waals surface area contributed by atoms with Gasteiger partial charge in [-0.1, -0.05) is 65.9 Å². The maximum atomic E-state index is 10.0. The Kier molecular flexibility index (Phi) is 43.3. The van der Waals surface area contributed by atoms with Crippen LogP contribution in [0.5, 0.6) is 0 Å². The molecule has 20 heteroatoms. The predicted molar refractivity (Wildman–Crippen MR) is 271 cm³/mol. The van der Waals surface area contributed by atoms with Crippen molar-refractivity contribution in [1.82, 2.24) is 46.2 Å². The molecule has 0 aromatic carbocycles. The molecule has 3 aromatic rings. The van der Waals surface area contributed by atoms with Gasteiger partial charge in [-0.05, 0) is 72.1 Å². The molecule has 9 aliphatic rings. The number of hydrogen-bond donors (Lipinski definition) is 7. The Bertz CT molecular complexity index is 1370. The molecular formula is C42H61N13O2S5. The van der Waals surface area contributed by atoms with Crippen molar-refractivity contribution in [3.8, 4) is 0 Å². The number of carbonyl (C=O) groups is 1. The number of urea groups is 1. The molecule has 11 heterocycles. The van der Waals surface area contributed by atoms with Crippen molar-refractivity contribution in [1.29, 1.82) is 0 Å². The Labute approximate surface area is 389 Å². The highest BCUT2D eigenvalue weighted by Gasteiger charge is 2.03. The zero-order chi connectivity index (χ0) is 44.2. The quantitative estimate of drug-likeness (QED) is 0.0846. The lowest BCUT2D eigenvalue weighted by molar-refractivity contribution is 0.248. The molecule has 8 aliphatic heterocycles. The Morgan fingerprint density at radius 1 is 0.694 bits per heavy atom. The summed E-state index contributed by atoms with van der Waals surface area (Å²) in [6.07, 6.45) is 39.2. The molecule has 0 unspecified atom stereocenters. The molecule has 3 saturated heterocycles. The lowest BCUT2D eigenvalue weighted by atomic mass is 10.5. The molecule has 15 nitrogen and oxygen atoms in total. The zero-order valence-corrected chi connectivity index (χ0v) is 39.0. The van der Waals surface area contributed by atoms with E-state index in [1.807, 2.05) is 76.8 Å². The van der Waals surface area contributed by atoms with Crippen molar-refractivity contribution in [2.45, 2.75) is 25.7 Å². The summed E-state index contributed by atoms with van der Waals surface area (Å²) >= 11 is 11.5. The first-order valence-corrected chi connectivity index (χ1v) is 24.0. The average molecular weight is 940 g/mol. The van der Waals surface area contributed by atoms with Gasteiger partial charge in [-0.25, -0.2) is 14.2 Å². The largest absolute Gasteiger partial charge is 0.391 e. The van der Waals surface area contributed by atoms with Gasteiger partial charge in [0.2, 0.25) is 0 Å². The van der Waals surface area contributed by atoms with Crippen LogP contribution in [0, 0.1) is 0 Å². The number of thiazole rings is 1. The minimum atomic E-state index is -0.0463. The van der Waals surface area contributed by atoms with Crippen LogP contribution in [0.3, 0.4) is 0 Å². The number of hydrogen-bond acceptors (Lipinski definition) is 16. The van der Waals surface area contributed by atoms with Crippen LogP contribution in [0.15, 0.2) is 168 Å². The molecule has 0 atom stereocenters. The number of aromatic nitrogens is 2. The van der Waals surface area contributed by atoms with E-state index in [2.05, 4.69) is 113 Å². The Morgan fingerprint density at radius 3 is 1.68 bits per heavy atom. The van der Waals surface area contributed by atoms with Crippen molar-refractivity contribution in [3.63, 3.8) is 0 Å². The van der Waals surface area contributed by atoms with Crippen LogP contribution < -0.4 is 36.0 Å². The normalized spacial score (nSPS) is 16.6. The number of amides is 2. The third-order valence-corrected chi connectivity index (χ3v) is 9.44. The number of aliphatic imine (C=N–C) groups is 2. The molecule has 62 heavy (non-hydrogen) atoms. The van der Waals surface area contributed by atoms with Gasteiger partial charge in [0.15, 0.2) is 5.11 Å². The number of allylic oxidation sites excluding steroid dienone is 7. The summed E-state index contributed by atoms with van der Waals surface area (Å²) in [7, 11) is 0. The highest BCUT2D eigenvalue weighted by atomic mass is 32.2. The first-order valence-electron chi connectivity index (χ1n) is 19.9. The lowest BCUT2D eigenvalue weighted by Gasteiger charge is -1.85. The van der Waals surface area contributed by atoms with E-state index in [-0.39, 0.29) is 6.03 Å². The molecule has 7 N–H and O–H groups in total. The van der Waals surface area contributed by atoms with Crippen LogP contribution >= 0.6 is 58.8 Å². The predicted octanol–water partition coefficient (Wildman–Crippen LogP) is 8.27. The standard InChI is InChI=1S/C5H6.C4H7N.2C4H5N.C4H6S.C4H4S.C3H6N2O.C3H6N2S.C3H4N2.C3H3NO.C3H3NS.C2H6N2S/c6*1-2-4-5-3-1;2*6-3-4-1-2-5-3;2*1-2-4-5-3-1;1-2-5-3-4-1;1-2-4-5-3-1/h1-4H,5H2;1,3,5H,2,4H2;1,3-4H,2H2;1-3H,4H2;1,3H,2,4H2;1-4H;2*1-2H2,(H2,4,5,6);1-2H,3H2;2*1-3H;3-4H,1-2H2. The second-order valence-electron chi connectivity index (χ2n) is 11.4. The summed E-state index contributed by atoms with van der Waals surface area (Å²) in [5.41, 5.74) is 1.79. The van der Waals surface area contributed by atoms with Crippen LogP contribution in [0.2, 0.25) is 0 Å². The number of nitrogens with one attached hydrogen (secondary N) is 7. The van der Waals surface area contributed by atoms with Crippen LogP contribution in [0.4, 0.5) is 4.79 Å². The number of carbonyl (C=O) groups excluding carboxylic acids is 1. The Balaban J connectivity index is 0.000000338. The van der Waals surface area contributed by atoms with E-state index < -0.39 is 0 Å². The molecule has 0 saturated carbocycles. The number of thiophene rings is 1. The molecule has 2 amide bonds. The van der Waals surface area contributed by atoms with Gasteiger partial charge >= 0.3 is 6.03 Å². The van der Waals surface area contributed by atoms with Crippen LogP contribution in [0.25, 0.3) is 0 Å². The van der Waals surface area contributed by atoms with Crippen molar-refractivity contribution < 1.29 is 9.32 Å². The van der Waals surface area contributed by atoms with E-state index in [0.717, 1.165) is 76.9 Å². The fourth-order valence-electron chi connectivity index (χ4n) is 3.66. The van der Waals surface area contributed by atoms with Gasteiger partial charge < -0.3 is 31.1 Å². The third-order valence-electron chi connectivity index (χ3n) is 6.44. The van der Waals surface area contributed by atoms with Gasteiger partial charge in [-0.3, -0.25) is 15.0 Å². The molecule has 0 radical (unpaired) electrons. The van der Waals surface area contributed by atoms with Gasteiger partial charge in [0, 0.05) is 107 Å². The summed E-state index contributed by atoms with van der Waals surface area (Å²) in [4.78, 5) is 21.4. The second kappa shape index (κ2) is 48.7. The maximum absolute atomic E-state index is 10.0. The number of nitrogens with zero attached hydrogens (tertiary/aromatic N) is 6. The fraction of sp³-hybridized carbons (Fsp3) is 0.333. The van der Waals surface area contributed by atoms with E-state index in [1.165, 1.54) is 24.9 Å². The summed E-state index contributed by atoms with van der Waals surface area (Å²) < 4.78 is 10.4. The number of thiocarbonyl (C=S) groups is 1. The minimum Gasteiger partial charge on any atom is -0.391 e. The molecular weight excluding hydrogens is 879 g/mol. The second-order valence-corrected chi connectivity index (χ2v) is 15.2. The van der Waals surface area contributed by atoms with E-state index in [9.17, 15) is 4.79 Å². The fourth-order valence-corrected chi connectivity index (χ4v) is 5.86. The van der Waals surface area contributed by atoms with Crippen molar-refractivity contribution in [3.05, 3.63) is 143 Å². The van der Waals surface area contributed by atoms with Gasteiger partial charge in [0.1, 0.15) is 6.26 Å². The van der Waals surface area contributed by atoms with Crippen molar-refractivity contribution in [2.75, 3.05) is 64.7 Å². The molecule has 0 spiro atoms. The van der Waals surface area contributed by atoms with E-state index >= 15 is 0 Å². The smallest absolute Gasteiger partial charge is 0.314 e. The molecule has 3 fully saturated rings. The number of thioether (sulfide) groups is 1. The summed E-state index contributed by atoms with van der Waals surface area (Å²) in [6, 6.07) is 5.71. The van der Waals surface area contributed by atoms with E-state index in [1.54, 1.807) is 77.4 Å². The van der Waals surface area contributed by atoms with E-state index in [4.69, 9.17) is 12.2 Å². The first kappa shape index (κ1) is 55.1. The van der Waals surface area contributed by atoms with Gasteiger partial charge in [0.25, 0.3) is 0 Å². The summed E-state index contributed by atoms with van der Waals surface area (Å²) in [6.45, 7) is 8.53. The topological polar surface area (TPSA) is 190 Å². The van der Waals surface area contributed by atoms with Gasteiger partial charge in [-0.2, -0.15) is 21.6 Å². The molecule has 12 rings (SSSR count). The summed E-state index contributed by atoms with van der Waals surface area (Å²) in [5, 5.41) is 33.5. The van der Waals surface area contributed by atoms with Crippen molar-refractivity contribution in [2.24, 2.45) is 20.2 Å². The van der Waals surface area contributed by atoms with Crippen LogP contribution in [0.1, 0.15) is 25.7 Å². The molecule has 336 valence electrons. The minimum absolute atomic E-state index is 0.0463. The Morgan fingerprint density at radius 2 is 1.48 bits per heavy atom. The lowest BCUT2D eigenvalue weighted by Crippen LogP contribution is -2.20. The number of azo groups is 1. The highest BCUT2D eigenvalue weighted by Crippen LogP contribution is 2.11. The van der Waals surface area contributed by atoms with Crippen molar-refractivity contribution >= 4 is 82.4 Å². The van der Waals surface area contributed by atoms with E-state index in [0.29, 0.717) is 0 Å². The number of rotatable bonds is 0. The SMILES string of the molecule is C1=CCC=C1.C1=CCN=C1.C1=CN=CC1.C1=CN=NC1.C1=CNCC1.C1=CSCC1.C1CNSN1.O=C1NCCN1.S=C1NCCN1.c1ccsc1.c1cnoc1.c1cscn1. The average Bonchev–Trinajstić information content (AvgIpc) is 4.19. The monoisotopic (exact) mass is 939 g/mol. The Hall–Kier alpha value is -4.96. The third kappa shape index (κ3) is 46.1. The van der Waals surface area contributed by atoms with Crippen LogP contribution in [-0.4, -0.2) is 98.4 Å². The molecule has 3 aromatic heterocycles. The van der Waals surface area contributed by atoms with Crippen LogP contribution in [-0.2, 0) is 0 Å². The zero-order valence-electron chi connectivity index (χ0n) is 35.0. The van der Waals surface area contributed by atoms with Gasteiger partial charge in [-0.15, -0.1) is 23.1 Å². The molecule has 1 aliphatic carbocycles.